The summed E-state index contributed by atoms with van der Waals surface area (Å²) in [6.07, 6.45) is 3.03. The highest BCUT2D eigenvalue weighted by atomic mass is 14.9. The van der Waals surface area contributed by atoms with Crippen LogP contribution in [0.3, 0.4) is 0 Å². The number of aryl methyl sites for hydroxylation is 1. The van der Waals surface area contributed by atoms with Crippen molar-refractivity contribution < 1.29 is 0 Å². The zero-order valence-electron chi connectivity index (χ0n) is 9.54. The Labute approximate surface area is 86.8 Å². The molecule has 0 aromatic carbocycles. The molecule has 14 heavy (non-hydrogen) atoms. The lowest BCUT2D eigenvalue weighted by Crippen LogP contribution is -2.23. The van der Waals surface area contributed by atoms with Crippen LogP contribution in [0.1, 0.15) is 32.9 Å². The summed E-state index contributed by atoms with van der Waals surface area (Å²) in [6, 6.07) is 4.56. The fraction of sp³-hybridized carbons (Fsp3) is 0.583. The lowest BCUT2D eigenvalue weighted by Gasteiger charge is -2.21. The van der Waals surface area contributed by atoms with E-state index in [1.807, 2.05) is 19.2 Å². The smallest absolute Gasteiger partial charge is 0.0603 e. The summed E-state index contributed by atoms with van der Waals surface area (Å²) in [4.78, 5) is 4.25. The van der Waals surface area contributed by atoms with Crippen molar-refractivity contribution in [2.75, 3.05) is 5.32 Å². The summed E-state index contributed by atoms with van der Waals surface area (Å²) in [5, 5.41) is 3.50. The summed E-state index contributed by atoms with van der Waals surface area (Å²) in [5.41, 5.74) is 2.22. The summed E-state index contributed by atoms with van der Waals surface area (Å²) in [7, 11) is 0. The molecule has 0 bridgehead atoms. The second-order valence-corrected chi connectivity index (χ2v) is 3.95. The average Bonchev–Trinajstić information content (AvgIpc) is 2.20. The first-order valence-electron chi connectivity index (χ1n) is 5.33. The van der Waals surface area contributed by atoms with Crippen LogP contribution < -0.4 is 5.32 Å². The van der Waals surface area contributed by atoms with E-state index in [1.165, 1.54) is 6.42 Å². The van der Waals surface area contributed by atoms with Crippen LogP contribution in [0.25, 0.3) is 0 Å². The summed E-state index contributed by atoms with van der Waals surface area (Å²) in [6.45, 7) is 8.74. The summed E-state index contributed by atoms with van der Waals surface area (Å²) < 4.78 is 0. The number of aromatic nitrogens is 1. The fourth-order valence-electron chi connectivity index (χ4n) is 1.38. The van der Waals surface area contributed by atoms with E-state index in [0.717, 1.165) is 11.4 Å². The second kappa shape index (κ2) is 4.99. The highest BCUT2D eigenvalue weighted by Crippen LogP contribution is 2.16. The molecule has 1 aromatic heterocycles. The van der Waals surface area contributed by atoms with Crippen molar-refractivity contribution in [2.24, 2.45) is 5.92 Å². The summed E-state index contributed by atoms with van der Waals surface area (Å²) in [5.74, 6) is 0.689. The number of hydrogen-bond acceptors (Lipinski definition) is 2. The van der Waals surface area contributed by atoms with E-state index in [9.17, 15) is 0 Å². The van der Waals surface area contributed by atoms with E-state index in [-0.39, 0.29) is 0 Å². The number of nitrogens with one attached hydrogen (secondary N) is 1. The van der Waals surface area contributed by atoms with Gasteiger partial charge in [-0.2, -0.15) is 0 Å². The molecule has 0 aliphatic rings. The molecule has 0 saturated heterocycles. The van der Waals surface area contributed by atoms with Gasteiger partial charge in [-0.3, -0.25) is 4.98 Å². The zero-order chi connectivity index (χ0) is 10.6. The Bertz CT molecular complexity index is 283. The van der Waals surface area contributed by atoms with Gasteiger partial charge in [-0.15, -0.1) is 0 Å². The van der Waals surface area contributed by atoms with Crippen LogP contribution in [-0.4, -0.2) is 11.0 Å². The van der Waals surface area contributed by atoms with Crippen LogP contribution in [0.15, 0.2) is 18.3 Å². The molecule has 0 spiro atoms. The summed E-state index contributed by atoms with van der Waals surface area (Å²) >= 11 is 0. The largest absolute Gasteiger partial charge is 0.381 e. The van der Waals surface area contributed by atoms with Gasteiger partial charge in [0.25, 0.3) is 0 Å². The van der Waals surface area contributed by atoms with E-state index >= 15 is 0 Å². The zero-order valence-corrected chi connectivity index (χ0v) is 9.54. The van der Waals surface area contributed by atoms with Crippen LogP contribution in [0.2, 0.25) is 0 Å². The molecule has 0 amide bonds. The van der Waals surface area contributed by atoms with Gasteiger partial charge in [0.05, 0.1) is 11.4 Å². The van der Waals surface area contributed by atoms with Crippen LogP contribution >= 0.6 is 0 Å². The Hall–Kier alpha value is -1.05. The third-order valence-electron chi connectivity index (χ3n) is 2.89. The molecule has 2 heteroatoms. The van der Waals surface area contributed by atoms with Gasteiger partial charge in [0.2, 0.25) is 0 Å². The standard InChI is InChI=1S/C12H20N2/c1-5-9(2)10(3)14-12-7-6-8-13-11(12)4/h6-10,14H,5H2,1-4H3/t9-,10+/m0/s1. The van der Waals surface area contributed by atoms with Gasteiger partial charge >= 0.3 is 0 Å². The fourth-order valence-corrected chi connectivity index (χ4v) is 1.38. The third-order valence-corrected chi connectivity index (χ3v) is 2.89. The molecule has 0 unspecified atom stereocenters. The quantitative estimate of drug-likeness (QED) is 0.792. The second-order valence-electron chi connectivity index (χ2n) is 3.95. The van der Waals surface area contributed by atoms with E-state index < -0.39 is 0 Å². The van der Waals surface area contributed by atoms with E-state index in [4.69, 9.17) is 0 Å². The van der Waals surface area contributed by atoms with Gasteiger partial charge in [-0.25, -0.2) is 0 Å². The van der Waals surface area contributed by atoms with E-state index in [0.29, 0.717) is 12.0 Å². The van der Waals surface area contributed by atoms with Crippen LogP contribution in [0.4, 0.5) is 5.69 Å². The van der Waals surface area contributed by atoms with Crippen LogP contribution in [-0.2, 0) is 0 Å². The molecule has 0 saturated carbocycles. The number of anilines is 1. The van der Waals surface area contributed by atoms with Crippen molar-refractivity contribution in [2.45, 2.75) is 40.2 Å². The average molecular weight is 192 g/mol. The predicted octanol–water partition coefficient (Wildman–Crippen LogP) is 3.24. The van der Waals surface area contributed by atoms with Gasteiger partial charge in [-0.1, -0.05) is 20.3 Å². The monoisotopic (exact) mass is 192 g/mol. The SMILES string of the molecule is CC[C@H](C)[C@@H](C)Nc1cccnc1C. The van der Waals surface area contributed by atoms with Gasteiger partial charge < -0.3 is 5.32 Å². The van der Waals surface area contributed by atoms with Crippen molar-refractivity contribution in [3.63, 3.8) is 0 Å². The lowest BCUT2D eigenvalue weighted by atomic mass is 10.0. The van der Waals surface area contributed by atoms with Crippen molar-refractivity contribution in [3.05, 3.63) is 24.0 Å². The molecular formula is C12H20N2. The minimum atomic E-state index is 0.503. The Balaban J connectivity index is 2.64. The number of nitrogens with zero attached hydrogens (tertiary/aromatic N) is 1. The Morgan fingerprint density at radius 2 is 2.14 bits per heavy atom. The Morgan fingerprint density at radius 1 is 1.43 bits per heavy atom. The van der Waals surface area contributed by atoms with Gasteiger partial charge in [-0.05, 0) is 31.9 Å². The van der Waals surface area contributed by atoms with E-state index in [1.54, 1.807) is 0 Å². The maximum atomic E-state index is 4.25. The molecule has 1 rings (SSSR count). The van der Waals surface area contributed by atoms with Gasteiger partial charge in [0.1, 0.15) is 0 Å². The van der Waals surface area contributed by atoms with E-state index in [2.05, 4.69) is 37.1 Å². The van der Waals surface area contributed by atoms with Crippen LogP contribution in [0.5, 0.6) is 0 Å². The molecule has 1 heterocycles. The molecule has 2 nitrogen and oxygen atoms in total. The molecule has 0 fully saturated rings. The highest BCUT2D eigenvalue weighted by Gasteiger charge is 2.10. The van der Waals surface area contributed by atoms with Crippen molar-refractivity contribution in [1.82, 2.24) is 4.98 Å². The maximum Gasteiger partial charge on any atom is 0.0603 e. The molecule has 78 valence electrons. The van der Waals surface area contributed by atoms with Gasteiger partial charge in [0.15, 0.2) is 0 Å². The molecule has 0 radical (unpaired) electrons. The van der Waals surface area contributed by atoms with Crippen LogP contribution in [0, 0.1) is 12.8 Å². The number of pyridine rings is 1. The minimum absolute atomic E-state index is 0.503. The number of rotatable bonds is 4. The maximum absolute atomic E-state index is 4.25. The highest BCUT2D eigenvalue weighted by molar-refractivity contribution is 5.47. The Kier molecular flexibility index (Phi) is 3.93. The first-order valence-corrected chi connectivity index (χ1v) is 5.33. The normalized spacial score (nSPS) is 14.9. The third kappa shape index (κ3) is 2.72. The molecule has 1 aromatic rings. The van der Waals surface area contributed by atoms with Gasteiger partial charge in [0, 0.05) is 12.2 Å². The minimum Gasteiger partial charge on any atom is -0.381 e. The first-order chi connectivity index (χ1) is 6.65. The number of hydrogen-bond donors (Lipinski definition) is 1. The molecule has 1 N–H and O–H groups in total. The molecule has 0 aliphatic carbocycles. The topological polar surface area (TPSA) is 24.9 Å². The molecular weight excluding hydrogens is 172 g/mol. The molecule has 2 atom stereocenters. The lowest BCUT2D eigenvalue weighted by molar-refractivity contribution is 0.494. The van der Waals surface area contributed by atoms with Crippen molar-refractivity contribution >= 4 is 5.69 Å². The Morgan fingerprint density at radius 3 is 2.71 bits per heavy atom. The molecule has 0 aliphatic heterocycles. The first kappa shape index (κ1) is 11.0. The van der Waals surface area contributed by atoms with Crippen molar-refractivity contribution in [3.8, 4) is 0 Å². The predicted molar refractivity (Wildman–Crippen MR) is 61.5 cm³/mol. The van der Waals surface area contributed by atoms with Crippen molar-refractivity contribution in [1.29, 1.82) is 0 Å².